The molecule has 2 N–H and O–H groups in total. The van der Waals surface area contributed by atoms with Crippen LogP contribution in [0.1, 0.15) is 25.3 Å². The summed E-state index contributed by atoms with van der Waals surface area (Å²) in [5, 5.41) is 6.21. The van der Waals surface area contributed by atoms with E-state index in [1.54, 1.807) is 13.0 Å². The van der Waals surface area contributed by atoms with Crippen LogP contribution in [-0.4, -0.2) is 18.5 Å². The van der Waals surface area contributed by atoms with Gasteiger partial charge < -0.3 is 10.6 Å². The average molecular weight is 250 g/mol. The minimum atomic E-state index is -0.277. The van der Waals surface area contributed by atoms with E-state index in [0.29, 0.717) is 11.7 Å². The van der Waals surface area contributed by atoms with Crippen LogP contribution in [0.3, 0.4) is 0 Å². The Morgan fingerprint density at radius 2 is 2.28 bits per heavy atom. The molecule has 18 heavy (non-hydrogen) atoms. The first-order valence-electron chi connectivity index (χ1n) is 6.36. The monoisotopic (exact) mass is 250 g/mol. The summed E-state index contributed by atoms with van der Waals surface area (Å²) in [5.41, 5.74) is 1.46. The van der Waals surface area contributed by atoms with Crippen molar-refractivity contribution in [2.75, 3.05) is 11.9 Å². The van der Waals surface area contributed by atoms with Crippen molar-refractivity contribution in [3.63, 3.8) is 0 Å². The molecule has 98 valence electrons. The van der Waals surface area contributed by atoms with E-state index in [4.69, 9.17) is 0 Å². The van der Waals surface area contributed by atoms with E-state index >= 15 is 0 Å². The van der Waals surface area contributed by atoms with Gasteiger partial charge in [0.2, 0.25) is 5.91 Å². The van der Waals surface area contributed by atoms with Gasteiger partial charge in [-0.1, -0.05) is 0 Å². The Morgan fingerprint density at radius 3 is 2.94 bits per heavy atom. The van der Waals surface area contributed by atoms with Crippen molar-refractivity contribution in [3.8, 4) is 0 Å². The number of rotatable bonds is 2. The van der Waals surface area contributed by atoms with Crippen LogP contribution in [0.25, 0.3) is 0 Å². The molecule has 1 fully saturated rings. The largest absolute Gasteiger partial charge is 0.326 e. The smallest absolute Gasteiger partial charge is 0.227 e. The topological polar surface area (TPSA) is 41.1 Å². The molecule has 4 heteroatoms. The molecule has 1 amide bonds. The van der Waals surface area contributed by atoms with Crippen LogP contribution in [0.5, 0.6) is 0 Å². The highest BCUT2D eigenvalue weighted by Crippen LogP contribution is 2.21. The zero-order chi connectivity index (χ0) is 13.1. The van der Waals surface area contributed by atoms with Gasteiger partial charge in [0.15, 0.2) is 0 Å². The Morgan fingerprint density at radius 1 is 1.50 bits per heavy atom. The van der Waals surface area contributed by atoms with Gasteiger partial charge in [0, 0.05) is 17.6 Å². The van der Waals surface area contributed by atoms with Crippen LogP contribution in [0, 0.1) is 18.7 Å². The van der Waals surface area contributed by atoms with Crippen molar-refractivity contribution in [1.82, 2.24) is 5.32 Å². The van der Waals surface area contributed by atoms with Crippen molar-refractivity contribution >= 4 is 11.6 Å². The van der Waals surface area contributed by atoms with Crippen molar-refractivity contribution in [1.29, 1.82) is 0 Å². The first-order chi connectivity index (χ1) is 8.56. The quantitative estimate of drug-likeness (QED) is 0.846. The van der Waals surface area contributed by atoms with Gasteiger partial charge in [0.25, 0.3) is 0 Å². The Balaban J connectivity index is 2.02. The lowest BCUT2D eigenvalue weighted by Gasteiger charge is -2.27. The second-order valence-corrected chi connectivity index (χ2v) is 5.02. The van der Waals surface area contributed by atoms with E-state index in [1.807, 2.05) is 0 Å². The summed E-state index contributed by atoms with van der Waals surface area (Å²) in [7, 11) is 0. The normalized spacial score (nSPS) is 23.7. The highest BCUT2D eigenvalue weighted by atomic mass is 19.1. The van der Waals surface area contributed by atoms with Gasteiger partial charge in [-0.05, 0) is 57.0 Å². The molecule has 1 saturated heterocycles. The summed E-state index contributed by atoms with van der Waals surface area (Å²) in [6.45, 7) is 4.76. The minimum absolute atomic E-state index is 0.0399. The molecular weight excluding hydrogens is 231 g/mol. The van der Waals surface area contributed by atoms with E-state index in [1.165, 1.54) is 12.1 Å². The van der Waals surface area contributed by atoms with E-state index in [0.717, 1.165) is 24.9 Å². The number of amides is 1. The summed E-state index contributed by atoms with van der Waals surface area (Å²) in [6, 6.07) is 4.80. The summed E-state index contributed by atoms with van der Waals surface area (Å²) in [4.78, 5) is 12.1. The summed E-state index contributed by atoms with van der Waals surface area (Å²) < 4.78 is 13.0. The van der Waals surface area contributed by atoms with Gasteiger partial charge in [-0.2, -0.15) is 0 Å². The van der Waals surface area contributed by atoms with Crippen LogP contribution >= 0.6 is 0 Å². The van der Waals surface area contributed by atoms with Gasteiger partial charge >= 0.3 is 0 Å². The number of halogens is 1. The maximum absolute atomic E-state index is 13.0. The molecule has 0 radical (unpaired) electrons. The number of piperidine rings is 1. The van der Waals surface area contributed by atoms with Crippen LogP contribution in [0.2, 0.25) is 0 Å². The molecule has 1 heterocycles. The molecule has 0 saturated carbocycles. The number of aryl methyl sites for hydroxylation is 1. The van der Waals surface area contributed by atoms with E-state index in [2.05, 4.69) is 17.6 Å². The van der Waals surface area contributed by atoms with E-state index < -0.39 is 0 Å². The molecule has 0 bridgehead atoms. The average Bonchev–Trinajstić information content (AvgIpc) is 2.32. The second-order valence-electron chi connectivity index (χ2n) is 5.02. The van der Waals surface area contributed by atoms with Gasteiger partial charge in [-0.3, -0.25) is 4.79 Å². The number of carbonyl (C=O) groups is 1. The van der Waals surface area contributed by atoms with Crippen molar-refractivity contribution in [3.05, 3.63) is 29.6 Å². The molecule has 1 aromatic carbocycles. The molecule has 3 nitrogen and oxygen atoms in total. The highest BCUT2D eigenvalue weighted by Gasteiger charge is 2.24. The highest BCUT2D eigenvalue weighted by molar-refractivity contribution is 5.93. The Hall–Kier alpha value is -1.42. The number of anilines is 1. The third-order valence-corrected chi connectivity index (χ3v) is 3.44. The fraction of sp³-hybridized carbons (Fsp3) is 0.500. The Kier molecular flexibility index (Phi) is 3.97. The van der Waals surface area contributed by atoms with E-state index in [-0.39, 0.29) is 17.6 Å². The SMILES string of the molecule is Cc1cc(F)ccc1NC(=O)C1CCNC(C)C1. The third-order valence-electron chi connectivity index (χ3n) is 3.44. The molecular formula is C14H19FN2O. The lowest BCUT2D eigenvalue weighted by Crippen LogP contribution is -2.40. The van der Waals surface area contributed by atoms with Crippen molar-refractivity contribution < 1.29 is 9.18 Å². The maximum atomic E-state index is 13.0. The molecule has 2 atom stereocenters. The van der Waals surface area contributed by atoms with Crippen molar-refractivity contribution in [2.24, 2.45) is 5.92 Å². The maximum Gasteiger partial charge on any atom is 0.227 e. The lowest BCUT2D eigenvalue weighted by molar-refractivity contribution is -0.120. The predicted octanol–water partition coefficient (Wildman–Crippen LogP) is 2.46. The van der Waals surface area contributed by atoms with Crippen molar-refractivity contribution in [2.45, 2.75) is 32.7 Å². The zero-order valence-electron chi connectivity index (χ0n) is 10.8. The first-order valence-corrected chi connectivity index (χ1v) is 6.36. The van der Waals surface area contributed by atoms with Gasteiger partial charge in [-0.25, -0.2) is 4.39 Å². The number of benzene rings is 1. The van der Waals surface area contributed by atoms with Crippen LogP contribution in [0.15, 0.2) is 18.2 Å². The van der Waals surface area contributed by atoms with Crippen LogP contribution in [-0.2, 0) is 4.79 Å². The number of hydrogen-bond acceptors (Lipinski definition) is 2. The van der Waals surface area contributed by atoms with E-state index in [9.17, 15) is 9.18 Å². The number of carbonyl (C=O) groups excluding carboxylic acids is 1. The van der Waals surface area contributed by atoms with Gasteiger partial charge in [0.05, 0.1) is 0 Å². The van der Waals surface area contributed by atoms with Gasteiger partial charge in [-0.15, -0.1) is 0 Å². The summed E-state index contributed by atoms with van der Waals surface area (Å²) in [6.07, 6.45) is 1.71. The van der Waals surface area contributed by atoms with Gasteiger partial charge in [0.1, 0.15) is 5.82 Å². The molecule has 1 aliphatic heterocycles. The minimum Gasteiger partial charge on any atom is -0.326 e. The summed E-state index contributed by atoms with van der Waals surface area (Å²) in [5.74, 6) is -0.190. The second kappa shape index (κ2) is 5.48. The molecule has 1 aromatic rings. The standard InChI is InChI=1S/C14H19FN2O/c1-9-7-12(15)3-4-13(9)17-14(18)11-5-6-16-10(2)8-11/h3-4,7,10-11,16H,5-6,8H2,1-2H3,(H,17,18). The zero-order valence-corrected chi connectivity index (χ0v) is 10.8. The Bertz CT molecular complexity index is 447. The lowest BCUT2D eigenvalue weighted by atomic mass is 9.92. The molecule has 0 aliphatic carbocycles. The number of hydrogen-bond donors (Lipinski definition) is 2. The molecule has 0 aromatic heterocycles. The molecule has 2 rings (SSSR count). The van der Waals surface area contributed by atoms with Crippen LogP contribution in [0.4, 0.5) is 10.1 Å². The Labute approximate surface area is 107 Å². The fourth-order valence-electron chi connectivity index (χ4n) is 2.37. The molecule has 1 aliphatic rings. The number of nitrogens with one attached hydrogen (secondary N) is 2. The summed E-state index contributed by atoms with van der Waals surface area (Å²) >= 11 is 0. The fourth-order valence-corrected chi connectivity index (χ4v) is 2.37. The predicted molar refractivity (Wildman–Crippen MR) is 70.0 cm³/mol. The first kappa shape index (κ1) is 13.0. The third kappa shape index (κ3) is 3.07. The molecule has 2 unspecified atom stereocenters. The van der Waals surface area contributed by atoms with Crippen LogP contribution < -0.4 is 10.6 Å². The molecule has 0 spiro atoms.